The van der Waals surface area contributed by atoms with E-state index in [2.05, 4.69) is 26.6 Å². The SMILES string of the molecule is O=C(NCCc1ccccc1Br)NCc1ccc2c(c1)OCO2. The zero-order chi connectivity index (χ0) is 16.1. The fourth-order valence-corrected chi connectivity index (χ4v) is 2.79. The fraction of sp³-hybridized carbons (Fsp3) is 0.235. The number of carbonyl (C=O) groups is 1. The van der Waals surface area contributed by atoms with Crippen LogP contribution in [0.25, 0.3) is 0 Å². The highest BCUT2D eigenvalue weighted by atomic mass is 79.9. The summed E-state index contributed by atoms with van der Waals surface area (Å²) in [6.45, 7) is 1.27. The van der Waals surface area contributed by atoms with Crippen LogP contribution in [0.1, 0.15) is 11.1 Å². The van der Waals surface area contributed by atoms with Gasteiger partial charge in [-0.2, -0.15) is 0 Å². The van der Waals surface area contributed by atoms with Crippen molar-refractivity contribution < 1.29 is 14.3 Å². The second kappa shape index (κ2) is 7.37. The van der Waals surface area contributed by atoms with Crippen LogP contribution >= 0.6 is 15.9 Å². The number of hydrogen-bond donors (Lipinski definition) is 2. The largest absolute Gasteiger partial charge is 0.454 e. The first-order valence-corrected chi connectivity index (χ1v) is 8.15. The molecule has 23 heavy (non-hydrogen) atoms. The van der Waals surface area contributed by atoms with E-state index in [1.165, 1.54) is 5.56 Å². The Kier molecular flexibility index (Phi) is 5.02. The van der Waals surface area contributed by atoms with E-state index < -0.39 is 0 Å². The molecule has 3 rings (SSSR count). The molecule has 0 aromatic heterocycles. The molecule has 0 atom stereocenters. The van der Waals surface area contributed by atoms with Gasteiger partial charge < -0.3 is 20.1 Å². The molecular weight excluding hydrogens is 360 g/mol. The minimum atomic E-state index is -0.185. The Bertz CT molecular complexity index is 706. The number of benzene rings is 2. The van der Waals surface area contributed by atoms with Crippen LogP contribution in [0.2, 0.25) is 0 Å². The third kappa shape index (κ3) is 4.16. The molecule has 1 aliphatic heterocycles. The van der Waals surface area contributed by atoms with E-state index in [1.807, 2.05) is 42.5 Å². The minimum Gasteiger partial charge on any atom is -0.454 e. The number of halogens is 1. The lowest BCUT2D eigenvalue weighted by Gasteiger charge is -2.09. The molecule has 0 spiro atoms. The highest BCUT2D eigenvalue weighted by Gasteiger charge is 2.13. The second-order valence-corrected chi connectivity index (χ2v) is 5.99. The van der Waals surface area contributed by atoms with Crippen molar-refractivity contribution in [3.63, 3.8) is 0 Å². The zero-order valence-electron chi connectivity index (χ0n) is 12.5. The van der Waals surface area contributed by atoms with Gasteiger partial charge in [-0.1, -0.05) is 40.2 Å². The first kappa shape index (κ1) is 15.7. The van der Waals surface area contributed by atoms with Crippen LogP contribution in [0.5, 0.6) is 11.5 Å². The van der Waals surface area contributed by atoms with Gasteiger partial charge in [-0.15, -0.1) is 0 Å². The summed E-state index contributed by atoms with van der Waals surface area (Å²) in [4.78, 5) is 11.8. The Morgan fingerprint density at radius 3 is 2.78 bits per heavy atom. The number of ether oxygens (including phenoxy) is 2. The summed E-state index contributed by atoms with van der Waals surface area (Å²) >= 11 is 3.50. The number of rotatable bonds is 5. The lowest BCUT2D eigenvalue weighted by atomic mass is 10.1. The van der Waals surface area contributed by atoms with Gasteiger partial charge in [0.25, 0.3) is 0 Å². The molecule has 2 N–H and O–H groups in total. The van der Waals surface area contributed by atoms with Gasteiger partial charge in [0.15, 0.2) is 11.5 Å². The van der Waals surface area contributed by atoms with Crippen molar-refractivity contribution >= 4 is 22.0 Å². The van der Waals surface area contributed by atoms with Gasteiger partial charge in [0.1, 0.15) is 0 Å². The van der Waals surface area contributed by atoms with Crippen LogP contribution in [0, 0.1) is 0 Å². The van der Waals surface area contributed by atoms with Crippen molar-refractivity contribution in [2.24, 2.45) is 0 Å². The van der Waals surface area contributed by atoms with E-state index in [4.69, 9.17) is 9.47 Å². The Morgan fingerprint density at radius 2 is 1.91 bits per heavy atom. The molecule has 2 aromatic carbocycles. The fourth-order valence-electron chi connectivity index (χ4n) is 2.31. The summed E-state index contributed by atoms with van der Waals surface area (Å²) in [5.74, 6) is 1.46. The molecule has 0 unspecified atom stereocenters. The van der Waals surface area contributed by atoms with Gasteiger partial charge in [-0.3, -0.25) is 0 Å². The Hall–Kier alpha value is -2.21. The summed E-state index contributed by atoms with van der Waals surface area (Å²) in [5.41, 5.74) is 2.14. The van der Waals surface area contributed by atoms with Crippen LogP contribution in [0.3, 0.4) is 0 Å². The number of carbonyl (C=O) groups excluding carboxylic acids is 1. The van der Waals surface area contributed by atoms with Crippen LogP contribution in [0.15, 0.2) is 46.9 Å². The van der Waals surface area contributed by atoms with Crippen LogP contribution in [0.4, 0.5) is 4.79 Å². The smallest absolute Gasteiger partial charge is 0.315 e. The maximum atomic E-state index is 11.8. The first-order chi connectivity index (χ1) is 11.2. The molecular formula is C17H17BrN2O3. The van der Waals surface area contributed by atoms with Gasteiger partial charge in [0, 0.05) is 17.6 Å². The van der Waals surface area contributed by atoms with Gasteiger partial charge in [-0.25, -0.2) is 4.79 Å². The van der Waals surface area contributed by atoms with Crippen molar-refractivity contribution in [3.05, 3.63) is 58.1 Å². The highest BCUT2D eigenvalue weighted by molar-refractivity contribution is 9.10. The predicted molar refractivity (Wildman–Crippen MR) is 90.6 cm³/mol. The van der Waals surface area contributed by atoms with E-state index in [0.717, 1.165) is 28.0 Å². The Labute approximate surface area is 143 Å². The number of fused-ring (bicyclic) bond motifs is 1. The van der Waals surface area contributed by atoms with Gasteiger partial charge >= 0.3 is 6.03 Å². The number of urea groups is 1. The van der Waals surface area contributed by atoms with E-state index in [1.54, 1.807) is 0 Å². The predicted octanol–water partition coefficient (Wildman–Crippen LogP) is 3.22. The van der Waals surface area contributed by atoms with Crippen molar-refractivity contribution in [1.29, 1.82) is 0 Å². The normalized spacial score (nSPS) is 12.0. The third-order valence-corrected chi connectivity index (χ3v) is 4.30. The summed E-state index contributed by atoms with van der Waals surface area (Å²) in [6, 6.07) is 13.4. The Morgan fingerprint density at radius 1 is 1.09 bits per heavy atom. The standard InChI is InChI=1S/C17H17BrN2O3/c18-14-4-2-1-3-13(14)7-8-19-17(21)20-10-12-5-6-15-16(9-12)23-11-22-15/h1-6,9H,7-8,10-11H2,(H2,19,20,21). The molecule has 120 valence electrons. The van der Waals surface area contributed by atoms with E-state index in [9.17, 15) is 4.79 Å². The molecule has 0 radical (unpaired) electrons. The quantitative estimate of drug-likeness (QED) is 0.841. The monoisotopic (exact) mass is 376 g/mol. The van der Waals surface area contributed by atoms with Crippen molar-refractivity contribution in [2.45, 2.75) is 13.0 Å². The maximum Gasteiger partial charge on any atom is 0.315 e. The van der Waals surface area contributed by atoms with Gasteiger partial charge in [0.2, 0.25) is 6.79 Å². The minimum absolute atomic E-state index is 0.185. The lowest BCUT2D eigenvalue weighted by Crippen LogP contribution is -2.36. The molecule has 1 aliphatic rings. The second-order valence-electron chi connectivity index (χ2n) is 5.14. The topological polar surface area (TPSA) is 59.6 Å². The highest BCUT2D eigenvalue weighted by Crippen LogP contribution is 2.32. The molecule has 0 fully saturated rings. The van der Waals surface area contributed by atoms with Crippen LogP contribution < -0.4 is 20.1 Å². The summed E-state index contributed by atoms with van der Waals surface area (Å²) < 4.78 is 11.6. The first-order valence-electron chi connectivity index (χ1n) is 7.36. The molecule has 0 bridgehead atoms. The number of nitrogens with one attached hydrogen (secondary N) is 2. The number of amides is 2. The molecule has 0 aliphatic carbocycles. The average molecular weight is 377 g/mol. The van der Waals surface area contributed by atoms with Crippen LogP contribution in [-0.4, -0.2) is 19.4 Å². The maximum absolute atomic E-state index is 11.8. The molecule has 6 heteroatoms. The summed E-state index contributed by atoms with van der Waals surface area (Å²) in [7, 11) is 0. The van der Waals surface area contributed by atoms with Crippen molar-refractivity contribution in [2.75, 3.05) is 13.3 Å². The third-order valence-electron chi connectivity index (χ3n) is 3.53. The number of hydrogen-bond acceptors (Lipinski definition) is 3. The van der Waals surface area contributed by atoms with Gasteiger partial charge in [-0.05, 0) is 35.7 Å². The van der Waals surface area contributed by atoms with E-state index >= 15 is 0 Å². The van der Waals surface area contributed by atoms with Crippen molar-refractivity contribution in [1.82, 2.24) is 10.6 Å². The molecule has 1 heterocycles. The Balaban J connectivity index is 1.42. The lowest BCUT2D eigenvalue weighted by molar-refractivity contribution is 0.174. The summed E-state index contributed by atoms with van der Waals surface area (Å²) in [6.07, 6.45) is 0.777. The molecule has 5 nitrogen and oxygen atoms in total. The van der Waals surface area contributed by atoms with Crippen LogP contribution in [-0.2, 0) is 13.0 Å². The van der Waals surface area contributed by atoms with E-state index in [-0.39, 0.29) is 12.8 Å². The average Bonchev–Trinajstić information content (AvgIpc) is 3.02. The van der Waals surface area contributed by atoms with E-state index in [0.29, 0.717) is 13.1 Å². The molecule has 2 amide bonds. The molecule has 0 saturated heterocycles. The summed E-state index contributed by atoms with van der Waals surface area (Å²) in [5, 5.41) is 5.69. The zero-order valence-corrected chi connectivity index (χ0v) is 14.1. The molecule has 0 saturated carbocycles. The molecule has 2 aromatic rings. The van der Waals surface area contributed by atoms with Gasteiger partial charge in [0.05, 0.1) is 0 Å². The van der Waals surface area contributed by atoms with Crippen molar-refractivity contribution in [3.8, 4) is 11.5 Å².